The molecule has 1 aromatic carbocycles. The molecule has 0 radical (unpaired) electrons. The Balaban J connectivity index is 1.65. The van der Waals surface area contributed by atoms with Gasteiger partial charge < -0.3 is 20.3 Å². The zero-order valence-corrected chi connectivity index (χ0v) is 17.6. The van der Waals surface area contributed by atoms with Crippen molar-refractivity contribution in [2.45, 2.75) is 13.8 Å². The van der Waals surface area contributed by atoms with E-state index >= 15 is 0 Å². The van der Waals surface area contributed by atoms with Crippen LogP contribution in [0.25, 0.3) is 10.2 Å². The molecule has 2 aromatic heterocycles. The van der Waals surface area contributed by atoms with E-state index in [2.05, 4.69) is 10.2 Å². The smallest absolute Gasteiger partial charge is 0.410 e. The van der Waals surface area contributed by atoms with Crippen molar-refractivity contribution in [2.75, 3.05) is 32.9 Å². The summed E-state index contributed by atoms with van der Waals surface area (Å²) in [7, 11) is 3.30. The number of aromatic nitrogens is 2. The zero-order chi connectivity index (χ0) is 21.1. The van der Waals surface area contributed by atoms with E-state index in [-0.39, 0.29) is 5.91 Å². The van der Waals surface area contributed by atoms with E-state index in [1.807, 2.05) is 19.9 Å². The molecule has 2 amide bonds. The molecule has 0 unspecified atom stereocenters. The van der Waals surface area contributed by atoms with Crippen LogP contribution in [-0.4, -0.2) is 59.2 Å². The van der Waals surface area contributed by atoms with E-state index in [0.29, 0.717) is 34.2 Å². The number of carbonyl (C=O) groups is 2. The van der Waals surface area contributed by atoms with Crippen LogP contribution in [0.15, 0.2) is 30.3 Å². The number of anilines is 1. The third kappa shape index (κ3) is 4.29. The third-order valence-electron chi connectivity index (χ3n) is 4.71. The monoisotopic (exact) mass is 413 g/mol. The number of para-hydroxylation sites is 1. The van der Waals surface area contributed by atoms with E-state index in [9.17, 15) is 9.59 Å². The number of hydrogen-bond acceptors (Lipinski definition) is 7. The second kappa shape index (κ2) is 8.44. The van der Waals surface area contributed by atoms with Crippen molar-refractivity contribution < 1.29 is 14.3 Å². The number of nitrogens with two attached hydrogens (primary N) is 1. The summed E-state index contributed by atoms with van der Waals surface area (Å²) in [6.45, 7) is 4.42. The summed E-state index contributed by atoms with van der Waals surface area (Å²) in [6.07, 6.45) is -0.486. The lowest BCUT2D eigenvalue weighted by atomic mass is 10.1. The zero-order valence-electron chi connectivity index (χ0n) is 16.8. The maximum Gasteiger partial charge on any atom is 0.415 e. The van der Waals surface area contributed by atoms with E-state index in [1.54, 1.807) is 38.4 Å². The molecule has 152 valence electrons. The molecule has 0 saturated heterocycles. The van der Waals surface area contributed by atoms with Crippen molar-refractivity contribution >= 4 is 39.2 Å². The normalized spacial score (nSPS) is 10.8. The number of fused-ring (bicyclic) bond motifs is 1. The van der Waals surface area contributed by atoms with Crippen LogP contribution in [0.5, 0.6) is 5.75 Å². The lowest BCUT2D eigenvalue weighted by molar-refractivity contribution is 0.0785. The Bertz CT molecular complexity index is 1050. The molecule has 8 nitrogen and oxygen atoms in total. The molecule has 2 heterocycles. The molecular formula is C20H23N5O3S. The molecular weight excluding hydrogens is 390 g/mol. The highest BCUT2D eigenvalue weighted by Crippen LogP contribution is 2.35. The van der Waals surface area contributed by atoms with Crippen LogP contribution >= 0.6 is 11.3 Å². The standard InChI is InChI=1S/C20H23N5O3S/c1-12-13(2)22-23-18-15(12)16(21)17(29-18)19(26)24(3)10-11-25(4)20(27)28-14-8-6-5-7-9-14/h5-9H,10-11,21H2,1-4H3. The number of carbonyl (C=O) groups excluding carboxylic acids is 2. The van der Waals surface area contributed by atoms with Gasteiger partial charge in [-0.05, 0) is 31.5 Å². The SMILES string of the molecule is Cc1nnc2sc(C(=O)N(C)CCN(C)C(=O)Oc3ccccc3)c(N)c2c1C. The first-order chi connectivity index (χ1) is 13.8. The summed E-state index contributed by atoms with van der Waals surface area (Å²) >= 11 is 1.23. The number of thiophene rings is 1. The van der Waals surface area contributed by atoms with Gasteiger partial charge in [0, 0.05) is 32.6 Å². The highest BCUT2D eigenvalue weighted by Gasteiger charge is 2.23. The van der Waals surface area contributed by atoms with E-state index in [4.69, 9.17) is 10.5 Å². The van der Waals surface area contributed by atoms with Crippen molar-refractivity contribution in [1.29, 1.82) is 0 Å². The summed E-state index contributed by atoms with van der Waals surface area (Å²) in [5, 5.41) is 9.03. The molecule has 2 N–H and O–H groups in total. The average molecular weight is 414 g/mol. The third-order valence-corrected chi connectivity index (χ3v) is 5.78. The van der Waals surface area contributed by atoms with Gasteiger partial charge in [-0.25, -0.2) is 4.79 Å². The highest BCUT2D eigenvalue weighted by atomic mass is 32.1. The molecule has 0 saturated carbocycles. The van der Waals surface area contributed by atoms with Crippen LogP contribution in [0, 0.1) is 13.8 Å². The lowest BCUT2D eigenvalue weighted by Crippen LogP contribution is -2.38. The number of nitrogen functional groups attached to an aromatic ring is 1. The highest BCUT2D eigenvalue weighted by molar-refractivity contribution is 7.21. The lowest BCUT2D eigenvalue weighted by Gasteiger charge is -2.21. The molecule has 29 heavy (non-hydrogen) atoms. The summed E-state index contributed by atoms with van der Waals surface area (Å²) in [5.74, 6) is 0.256. The van der Waals surface area contributed by atoms with Crippen LogP contribution in [0.2, 0.25) is 0 Å². The molecule has 0 fully saturated rings. The van der Waals surface area contributed by atoms with E-state index in [1.165, 1.54) is 21.1 Å². The molecule has 3 rings (SSSR count). The summed E-state index contributed by atoms with van der Waals surface area (Å²) in [4.78, 5) is 29.1. The first-order valence-corrected chi connectivity index (χ1v) is 9.86. The van der Waals surface area contributed by atoms with Gasteiger partial charge in [-0.2, -0.15) is 5.10 Å². The predicted octanol–water partition coefficient (Wildman–Crippen LogP) is 3.09. The molecule has 0 aliphatic heterocycles. The number of aryl methyl sites for hydroxylation is 2. The fraction of sp³-hybridized carbons (Fsp3) is 0.300. The number of benzene rings is 1. The second-order valence-electron chi connectivity index (χ2n) is 6.76. The fourth-order valence-electron chi connectivity index (χ4n) is 2.73. The van der Waals surface area contributed by atoms with Crippen molar-refractivity contribution in [3.8, 4) is 5.75 Å². The fourth-order valence-corrected chi connectivity index (χ4v) is 3.83. The Kier molecular flexibility index (Phi) is 5.97. The number of rotatable bonds is 5. The van der Waals surface area contributed by atoms with Gasteiger partial charge in [0.25, 0.3) is 5.91 Å². The Labute approximate surface area is 172 Å². The summed E-state index contributed by atoms with van der Waals surface area (Å²) in [6, 6.07) is 8.84. The Morgan fingerprint density at radius 3 is 2.41 bits per heavy atom. The molecule has 0 aliphatic rings. The van der Waals surface area contributed by atoms with Gasteiger partial charge in [-0.3, -0.25) is 4.79 Å². The predicted molar refractivity (Wildman–Crippen MR) is 113 cm³/mol. The van der Waals surface area contributed by atoms with Crippen LogP contribution < -0.4 is 10.5 Å². The Hall–Kier alpha value is -3.20. The van der Waals surface area contributed by atoms with Crippen molar-refractivity contribution in [1.82, 2.24) is 20.0 Å². The molecule has 9 heteroatoms. The maximum atomic E-state index is 12.9. The number of ether oxygens (including phenoxy) is 1. The summed E-state index contributed by atoms with van der Waals surface area (Å²) in [5.41, 5.74) is 8.38. The van der Waals surface area contributed by atoms with E-state index < -0.39 is 6.09 Å². The quantitative estimate of drug-likeness (QED) is 0.690. The van der Waals surface area contributed by atoms with Crippen LogP contribution in [0.1, 0.15) is 20.9 Å². The molecule has 0 atom stereocenters. The van der Waals surface area contributed by atoms with Crippen molar-refractivity contribution in [2.24, 2.45) is 0 Å². The van der Waals surface area contributed by atoms with Gasteiger partial charge in [0.1, 0.15) is 15.5 Å². The Morgan fingerprint density at radius 2 is 1.72 bits per heavy atom. The molecule has 0 spiro atoms. The molecule has 3 aromatic rings. The number of hydrogen-bond donors (Lipinski definition) is 1. The minimum Gasteiger partial charge on any atom is -0.410 e. The number of likely N-dealkylation sites (N-methyl/N-ethyl adjacent to an activating group) is 2. The van der Waals surface area contributed by atoms with Gasteiger partial charge in [0.05, 0.1) is 11.4 Å². The van der Waals surface area contributed by atoms with Gasteiger partial charge in [0.15, 0.2) is 0 Å². The van der Waals surface area contributed by atoms with Crippen LogP contribution in [0.3, 0.4) is 0 Å². The van der Waals surface area contributed by atoms with Gasteiger partial charge in [-0.1, -0.05) is 18.2 Å². The van der Waals surface area contributed by atoms with Crippen molar-refractivity contribution in [3.63, 3.8) is 0 Å². The molecule has 0 aliphatic carbocycles. The maximum absolute atomic E-state index is 12.9. The Morgan fingerprint density at radius 1 is 1.07 bits per heavy atom. The minimum absolute atomic E-state index is 0.215. The average Bonchev–Trinajstić information content (AvgIpc) is 3.05. The summed E-state index contributed by atoms with van der Waals surface area (Å²) < 4.78 is 5.29. The topological polar surface area (TPSA) is 102 Å². The van der Waals surface area contributed by atoms with Crippen molar-refractivity contribution in [3.05, 3.63) is 46.5 Å². The van der Waals surface area contributed by atoms with Crippen LogP contribution in [-0.2, 0) is 0 Å². The number of nitrogens with zero attached hydrogens (tertiary/aromatic N) is 4. The van der Waals surface area contributed by atoms with Gasteiger partial charge in [-0.15, -0.1) is 16.4 Å². The minimum atomic E-state index is -0.486. The largest absolute Gasteiger partial charge is 0.415 e. The van der Waals surface area contributed by atoms with Crippen LogP contribution in [0.4, 0.5) is 10.5 Å². The first-order valence-electron chi connectivity index (χ1n) is 9.05. The van der Waals surface area contributed by atoms with E-state index in [0.717, 1.165) is 16.6 Å². The van der Waals surface area contributed by atoms with Gasteiger partial charge in [0.2, 0.25) is 0 Å². The number of amides is 2. The molecule has 0 bridgehead atoms. The van der Waals surface area contributed by atoms with Gasteiger partial charge >= 0.3 is 6.09 Å². The first kappa shape index (κ1) is 20.5. The second-order valence-corrected chi connectivity index (χ2v) is 7.76.